The van der Waals surface area contributed by atoms with Crippen LogP contribution >= 0.6 is 0 Å². The average Bonchev–Trinajstić information content (AvgIpc) is 2.64. The molecule has 7 heteroatoms. The quantitative estimate of drug-likeness (QED) is 0.677. The lowest BCUT2D eigenvalue weighted by Gasteiger charge is -2.10. The van der Waals surface area contributed by atoms with Crippen molar-refractivity contribution < 1.29 is 12.8 Å². The summed E-state index contributed by atoms with van der Waals surface area (Å²) >= 11 is 0. The molecule has 0 aliphatic carbocycles. The van der Waals surface area contributed by atoms with E-state index in [2.05, 4.69) is 21.9 Å². The van der Waals surface area contributed by atoms with Crippen LogP contribution in [0, 0.1) is 5.82 Å². The first-order valence-corrected chi connectivity index (χ1v) is 9.55. The van der Waals surface area contributed by atoms with Gasteiger partial charge in [-0.05, 0) is 60.5 Å². The summed E-state index contributed by atoms with van der Waals surface area (Å²) in [6, 6.07) is 15.9. The van der Waals surface area contributed by atoms with Gasteiger partial charge in [0.15, 0.2) is 0 Å². The summed E-state index contributed by atoms with van der Waals surface area (Å²) in [6.45, 7) is 2.10. The zero-order valence-electron chi connectivity index (χ0n) is 14.1. The predicted molar refractivity (Wildman–Crippen MR) is 101 cm³/mol. The fourth-order valence-corrected chi connectivity index (χ4v) is 3.34. The molecule has 2 aromatic carbocycles. The van der Waals surface area contributed by atoms with Crippen LogP contribution in [0.25, 0.3) is 0 Å². The SMILES string of the molecule is CCc1ccc(Nc2ccc(NS(=O)(=O)c3ccc(F)cc3)nc2)cc1. The zero-order valence-corrected chi connectivity index (χ0v) is 14.9. The van der Waals surface area contributed by atoms with Gasteiger partial charge in [-0.3, -0.25) is 4.72 Å². The molecule has 0 aliphatic rings. The molecule has 0 spiro atoms. The summed E-state index contributed by atoms with van der Waals surface area (Å²) in [4.78, 5) is 4.08. The minimum atomic E-state index is -3.81. The summed E-state index contributed by atoms with van der Waals surface area (Å²) in [6.07, 6.45) is 2.51. The molecule has 2 N–H and O–H groups in total. The zero-order chi connectivity index (χ0) is 18.6. The second-order valence-corrected chi connectivity index (χ2v) is 7.35. The van der Waals surface area contributed by atoms with Crippen molar-refractivity contribution in [3.05, 3.63) is 78.2 Å². The standard InChI is InChI=1S/C19H18FN3O2S/c1-2-14-3-7-16(8-4-14)22-17-9-12-19(21-13-17)23-26(24,25)18-10-5-15(20)6-11-18/h3-13,22H,2H2,1H3,(H,21,23). The topological polar surface area (TPSA) is 71.1 Å². The van der Waals surface area contributed by atoms with Crippen LogP contribution in [0.1, 0.15) is 12.5 Å². The first kappa shape index (κ1) is 17.9. The van der Waals surface area contributed by atoms with Gasteiger partial charge in [-0.2, -0.15) is 0 Å². The number of aromatic nitrogens is 1. The Hall–Kier alpha value is -2.93. The van der Waals surface area contributed by atoms with Gasteiger partial charge < -0.3 is 5.32 Å². The van der Waals surface area contributed by atoms with Gasteiger partial charge in [0.05, 0.1) is 16.8 Å². The van der Waals surface area contributed by atoms with Crippen molar-refractivity contribution in [1.29, 1.82) is 0 Å². The number of rotatable bonds is 6. The third kappa shape index (κ3) is 4.37. The third-order valence-corrected chi connectivity index (χ3v) is 5.15. The second-order valence-electron chi connectivity index (χ2n) is 5.67. The molecular formula is C19H18FN3O2S. The summed E-state index contributed by atoms with van der Waals surface area (Å²) in [5, 5.41) is 3.20. The van der Waals surface area contributed by atoms with Crippen molar-refractivity contribution in [2.24, 2.45) is 0 Å². The lowest BCUT2D eigenvalue weighted by Crippen LogP contribution is -2.13. The van der Waals surface area contributed by atoms with Crippen molar-refractivity contribution in [2.75, 3.05) is 10.0 Å². The van der Waals surface area contributed by atoms with E-state index in [0.717, 1.165) is 29.9 Å². The number of anilines is 3. The van der Waals surface area contributed by atoms with Gasteiger partial charge in [-0.25, -0.2) is 17.8 Å². The molecule has 1 heterocycles. The van der Waals surface area contributed by atoms with E-state index < -0.39 is 15.8 Å². The first-order valence-electron chi connectivity index (χ1n) is 8.07. The van der Waals surface area contributed by atoms with E-state index in [-0.39, 0.29) is 10.7 Å². The molecule has 26 heavy (non-hydrogen) atoms. The Kier molecular flexibility index (Phi) is 5.18. The third-order valence-electron chi connectivity index (χ3n) is 3.78. The Morgan fingerprint density at radius 3 is 2.15 bits per heavy atom. The molecule has 0 atom stereocenters. The van der Waals surface area contributed by atoms with Crippen molar-refractivity contribution in [1.82, 2.24) is 4.98 Å². The predicted octanol–water partition coefficient (Wildman–Crippen LogP) is 4.33. The lowest BCUT2D eigenvalue weighted by atomic mass is 10.1. The van der Waals surface area contributed by atoms with Crippen LogP contribution in [0.3, 0.4) is 0 Å². The van der Waals surface area contributed by atoms with Crippen molar-refractivity contribution in [2.45, 2.75) is 18.2 Å². The molecule has 0 saturated carbocycles. The van der Waals surface area contributed by atoms with E-state index in [0.29, 0.717) is 0 Å². The summed E-state index contributed by atoms with van der Waals surface area (Å²) in [7, 11) is -3.81. The van der Waals surface area contributed by atoms with Crippen LogP contribution in [-0.2, 0) is 16.4 Å². The van der Waals surface area contributed by atoms with Crippen LogP contribution in [0.15, 0.2) is 71.8 Å². The molecule has 3 aromatic rings. The molecule has 0 unspecified atom stereocenters. The van der Waals surface area contributed by atoms with Crippen LogP contribution in [-0.4, -0.2) is 13.4 Å². The van der Waals surface area contributed by atoms with Crippen molar-refractivity contribution in [3.63, 3.8) is 0 Å². The molecule has 0 radical (unpaired) electrons. The van der Waals surface area contributed by atoms with E-state index in [9.17, 15) is 12.8 Å². The van der Waals surface area contributed by atoms with Gasteiger partial charge in [0, 0.05) is 5.69 Å². The number of pyridine rings is 1. The Morgan fingerprint density at radius 2 is 1.58 bits per heavy atom. The van der Waals surface area contributed by atoms with Crippen LogP contribution in [0.5, 0.6) is 0 Å². The van der Waals surface area contributed by atoms with Gasteiger partial charge in [-0.15, -0.1) is 0 Å². The maximum absolute atomic E-state index is 12.9. The molecule has 0 amide bonds. The molecular weight excluding hydrogens is 353 g/mol. The Bertz CT molecular complexity index is 971. The Morgan fingerprint density at radius 1 is 0.923 bits per heavy atom. The maximum Gasteiger partial charge on any atom is 0.263 e. The van der Waals surface area contributed by atoms with Crippen molar-refractivity contribution >= 4 is 27.2 Å². The minimum absolute atomic E-state index is 0.0288. The highest BCUT2D eigenvalue weighted by Crippen LogP contribution is 2.19. The van der Waals surface area contributed by atoms with Gasteiger partial charge in [0.1, 0.15) is 11.6 Å². The fraction of sp³-hybridized carbons (Fsp3) is 0.105. The monoisotopic (exact) mass is 371 g/mol. The first-order chi connectivity index (χ1) is 12.5. The smallest absolute Gasteiger partial charge is 0.263 e. The van der Waals surface area contributed by atoms with E-state index in [1.807, 2.05) is 24.3 Å². The maximum atomic E-state index is 12.9. The molecule has 0 saturated heterocycles. The normalized spacial score (nSPS) is 11.2. The number of halogens is 1. The molecule has 0 aliphatic heterocycles. The van der Waals surface area contributed by atoms with E-state index in [1.54, 1.807) is 12.1 Å². The van der Waals surface area contributed by atoms with E-state index in [1.165, 1.54) is 23.9 Å². The van der Waals surface area contributed by atoms with Crippen molar-refractivity contribution in [3.8, 4) is 0 Å². The summed E-state index contributed by atoms with van der Waals surface area (Å²) < 4.78 is 39.8. The number of sulfonamides is 1. The molecule has 3 rings (SSSR count). The minimum Gasteiger partial charge on any atom is -0.354 e. The summed E-state index contributed by atoms with van der Waals surface area (Å²) in [5.74, 6) is -0.314. The average molecular weight is 371 g/mol. The molecule has 1 aromatic heterocycles. The molecule has 0 fully saturated rings. The second kappa shape index (κ2) is 7.53. The highest BCUT2D eigenvalue weighted by atomic mass is 32.2. The van der Waals surface area contributed by atoms with Crippen LogP contribution in [0.2, 0.25) is 0 Å². The fourth-order valence-electron chi connectivity index (χ4n) is 2.33. The summed E-state index contributed by atoms with van der Waals surface area (Å²) in [5.41, 5.74) is 2.90. The van der Waals surface area contributed by atoms with Crippen LogP contribution in [0.4, 0.5) is 21.6 Å². The highest BCUT2D eigenvalue weighted by molar-refractivity contribution is 7.92. The van der Waals surface area contributed by atoms with E-state index >= 15 is 0 Å². The van der Waals surface area contributed by atoms with Gasteiger partial charge >= 0.3 is 0 Å². The highest BCUT2D eigenvalue weighted by Gasteiger charge is 2.14. The van der Waals surface area contributed by atoms with Gasteiger partial charge in [0.25, 0.3) is 10.0 Å². The number of nitrogens with one attached hydrogen (secondary N) is 2. The number of benzene rings is 2. The molecule has 134 valence electrons. The van der Waals surface area contributed by atoms with Gasteiger partial charge in [0.2, 0.25) is 0 Å². The molecule has 5 nitrogen and oxygen atoms in total. The number of hydrogen-bond acceptors (Lipinski definition) is 4. The number of aryl methyl sites for hydroxylation is 1. The van der Waals surface area contributed by atoms with Gasteiger partial charge in [-0.1, -0.05) is 19.1 Å². The number of nitrogens with zero attached hydrogens (tertiary/aromatic N) is 1. The number of hydrogen-bond donors (Lipinski definition) is 2. The Labute approximate surface area is 152 Å². The lowest BCUT2D eigenvalue weighted by molar-refractivity contribution is 0.599. The van der Waals surface area contributed by atoms with E-state index in [4.69, 9.17) is 0 Å². The molecule has 0 bridgehead atoms. The van der Waals surface area contributed by atoms with Crippen LogP contribution < -0.4 is 10.0 Å². The Balaban J connectivity index is 1.69. The largest absolute Gasteiger partial charge is 0.354 e.